The van der Waals surface area contributed by atoms with Crippen molar-refractivity contribution in [1.29, 1.82) is 0 Å². The first kappa shape index (κ1) is 12.1. The largest absolute Gasteiger partial charge is 0.288 e. The molecule has 0 spiro atoms. The fraction of sp³-hybridized carbons (Fsp3) is 0.118. The van der Waals surface area contributed by atoms with Gasteiger partial charge in [-0.1, -0.05) is 35.4 Å². The third-order valence-corrected chi connectivity index (χ3v) is 4.25. The lowest BCUT2D eigenvalue weighted by atomic mass is 10.0. The lowest BCUT2D eigenvalue weighted by Crippen LogP contribution is -1.99. The van der Waals surface area contributed by atoms with E-state index in [4.69, 9.17) is 0 Å². The van der Waals surface area contributed by atoms with Crippen LogP contribution in [0.5, 0.6) is 0 Å². The quantitative estimate of drug-likeness (QED) is 0.612. The zero-order valence-corrected chi connectivity index (χ0v) is 11.8. The van der Waals surface area contributed by atoms with E-state index >= 15 is 0 Å². The molecule has 0 aliphatic heterocycles. The van der Waals surface area contributed by atoms with E-state index in [1.807, 2.05) is 50.2 Å². The van der Waals surface area contributed by atoms with Gasteiger partial charge in [0.05, 0.1) is 4.88 Å². The minimum atomic E-state index is 0.119. The van der Waals surface area contributed by atoms with Crippen LogP contribution >= 0.6 is 11.3 Å². The predicted octanol–water partition coefficient (Wildman–Crippen LogP) is 4.75. The number of carbonyl (C=O) groups excluding carboxylic acids is 1. The standard InChI is InChI=1S/C17H14OS/c1-11-7-12(2)9-14(8-11)17(18)16-10-13-5-3-4-6-15(13)19-16/h3-10H,1-2H3. The predicted molar refractivity (Wildman–Crippen MR) is 81.2 cm³/mol. The average Bonchev–Trinajstić information content (AvgIpc) is 2.80. The van der Waals surface area contributed by atoms with E-state index in [0.717, 1.165) is 31.7 Å². The van der Waals surface area contributed by atoms with Gasteiger partial charge in [0.1, 0.15) is 0 Å². The summed E-state index contributed by atoms with van der Waals surface area (Å²) in [5, 5.41) is 1.14. The van der Waals surface area contributed by atoms with Crippen molar-refractivity contribution in [3.05, 3.63) is 70.1 Å². The van der Waals surface area contributed by atoms with Gasteiger partial charge in [0.15, 0.2) is 0 Å². The van der Waals surface area contributed by atoms with Gasteiger partial charge in [0.25, 0.3) is 0 Å². The second-order valence-corrected chi connectivity index (χ2v) is 5.94. The molecule has 3 aromatic rings. The summed E-state index contributed by atoms with van der Waals surface area (Å²) in [6.07, 6.45) is 0. The van der Waals surface area contributed by atoms with Crippen molar-refractivity contribution in [2.45, 2.75) is 13.8 Å². The molecule has 19 heavy (non-hydrogen) atoms. The van der Waals surface area contributed by atoms with Gasteiger partial charge in [-0.25, -0.2) is 0 Å². The number of fused-ring (bicyclic) bond motifs is 1. The van der Waals surface area contributed by atoms with E-state index in [1.165, 1.54) is 0 Å². The third kappa shape index (κ3) is 2.32. The molecule has 0 fully saturated rings. The van der Waals surface area contributed by atoms with Crippen molar-refractivity contribution in [2.75, 3.05) is 0 Å². The molecule has 0 unspecified atom stereocenters. The Kier molecular flexibility index (Phi) is 2.96. The maximum atomic E-state index is 12.5. The average molecular weight is 266 g/mol. The zero-order valence-electron chi connectivity index (χ0n) is 10.9. The Balaban J connectivity index is 2.07. The highest BCUT2D eigenvalue weighted by Gasteiger charge is 2.13. The summed E-state index contributed by atoms with van der Waals surface area (Å²) in [6.45, 7) is 4.05. The van der Waals surface area contributed by atoms with Gasteiger partial charge in [0.2, 0.25) is 5.78 Å². The summed E-state index contributed by atoms with van der Waals surface area (Å²) in [4.78, 5) is 13.3. The van der Waals surface area contributed by atoms with Gasteiger partial charge in [-0.2, -0.15) is 0 Å². The Hall–Kier alpha value is -1.93. The van der Waals surface area contributed by atoms with Crippen LogP contribution in [0.3, 0.4) is 0 Å². The summed E-state index contributed by atoms with van der Waals surface area (Å²) in [7, 11) is 0. The SMILES string of the molecule is Cc1cc(C)cc(C(=O)c2cc3ccccc3s2)c1. The smallest absolute Gasteiger partial charge is 0.203 e. The van der Waals surface area contributed by atoms with E-state index in [9.17, 15) is 4.79 Å². The normalized spacial score (nSPS) is 10.8. The lowest BCUT2D eigenvalue weighted by molar-refractivity contribution is 0.104. The minimum Gasteiger partial charge on any atom is -0.288 e. The second-order valence-electron chi connectivity index (χ2n) is 4.85. The van der Waals surface area contributed by atoms with E-state index in [2.05, 4.69) is 12.1 Å². The number of ketones is 1. The van der Waals surface area contributed by atoms with E-state index < -0.39 is 0 Å². The first-order chi connectivity index (χ1) is 9.13. The minimum absolute atomic E-state index is 0.119. The molecule has 0 amide bonds. The molecule has 1 nitrogen and oxygen atoms in total. The van der Waals surface area contributed by atoms with E-state index in [1.54, 1.807) is 11.3 Å². The number of hydrogen-bond acceptors (Lipinski definition) is 2. The fourth-order valence-corrected chi connectivity index (χ4v) is 3.37. The molecule has 0 aliphatic carbocycles. The molecule has 0 bridgehead atoms. The number of rotatable bonds is 2. The highest BCUT2D eigenvalue weighted by atomic mass is 32.1. The van der Waals surface area contributed by atoms with E-state index in [-0.39, 0.29) is 5.78 Å². The van der Waals surface area contributed by atoms with Crippen LogP contribution in [-0.4, -0.2) is 5.78 Å². The molecular formula is C17H14OS. The molecule has 2 aromatic carbocycles. The van der Waals surface area contributed by atoms with Crippen LogP contribution in [0.2, 0.25) is 0 Å². The molecule has 0 atom stereocenters. The first-order valence-electron chi connectivity index (χ1n) is 6.25. The summed E-state index contributed by atoms with van der Waals surface area (Å²) >= 11 is 1.56. The van der Waals surface area contributed by atoms with Gasteiger partial charge in [-0.15, -0.1) is 11.3 Å². The van der Waals surface area contributed by atoms with Crippen LogP contribution in [0.15, 0.2) is 48.5 Å². The number of benzene rings is 2. The summed E-state index contributed by atoms with van der Waals surface area (Å²) in [5.41, 5.74) is 3.04. The second kappa shape index (κ2) is 4.63. The molecule has 3 rings (SSSR count). The molecule has 0 radical (unpaired) electrons. The van der Waals surface area contributed by atoms with Gasteiger partial charge in [0, 0.05) is 10.3 Å². The topological polar surface area (TPSA) is 17.1 Å². The monoisotopic (exact) mass is 266 g/mol. The van der Waals surface area contributed by atoms with Crippen molar-refractivity contribution in [3.63, 3.8) is 0 Å². The van der Waals surface area contributed by atoms with Crippen molar-refractivity contribution < 1.29 is 4.79 Å². The maximum absolute atomic E-state index is 12.5. The molecule has 1 aromatic heterocycles. The summed E-state index contributed by atoms with van der Waals surface area (Å²) in [6, 6.07) is 16.1. The molecule has 0 saturated heterocycles. The Morgan fingerprint density at radius 2 is 1.63 bits per heavy atom. The zero-order chi connectivity index (χ0) is 13.4. The molecule has 0 N–H and O–H groups in total. The molecular weight excluding hydrogens is 252 g/mol. The van der Waals surface area contributed by atoms with Crippen molar-refractivity contribution >= 4 is 27.2 Å². The molecule has 0 aliphatic rings. The van der Waals surface area contributed by atoms with Crippen molar-refractivity contribution in [2.24, 2.45) is 0 Å². The fourth-order valence-electron chi connectivity index (χ4n) is 2.34. The summed E-state index contributed by atoms with van der Waals surface area (Å²) < 4.78 is 1.16. The van der Waals surface area contributed by atoms with Crippen LogP contribution in [0.4, 0.5) is 0 Å². The lowest BCUT2D eigenvalue weighted by Gasteiger charge is -2.02. The van der Waals surface area contributed by atoms with Crippen LogP contribution in [0, 0.1) is 13.8 Å². The van der Waals surface area contributed by atoms with Crippen molar-refractivity contribution in [3.8, 4) is 0 Å². The van der Waals surface area contributed by atoms with Crippen LogP contribution in [0.25, 0.3) is 10.1 Å². The van der Waals surface area contributed by atoms with Gasteiger partial charge in [-0.05, 0) is 43.5 Å². The van der Waals surface area contributed by atoms with Crippen LogP contribution in [-0.2, 0) is 0 Å². The van der Waals surface area contributed by atoms with Crippen LogP contribution in [0.1, 0.15) is 26.4 Å². The van der Waals surface area contributed by atoms with Crippen molar-refractivity contribution in [1.82, 2.24) is 0 Å². The summed E-state index contributed by atoms with van der Waals surface area (Å²) in [5.74, 6) is 0.119. The maximum Gasteiger partial charge on any atom is 0.203 e. The Morgan fingerprint density at radius 3 is 2.32 bits per heavy atom. The Bertz CT molecular complexity index is 715. The molecule has 2 heteroatoms. The molecule has 0 saturated carbocycles. The molecule has 1 heterocycles. The number of aryl methyl sites for hydroxylation is 2. The number of thiophene rings is 1. The van der Waals surface area contributed by atoms with Crippen LogP contribution < -0.4 is 0 Å². The number of hydrogen-bond donors (Lipinski definition) is 0. The Labute approximate surface area is 116 Å². The molecule has 94 valence electrons. The van der Waals surface area contributed by atoms with E-state index in [0.29, 0.717) is 0 Å². The third-order valence-electron chi connectivity index (χ3n) is 3.13. The highest BCUT2D eigenvalue weighted by molar-refractivity contribution is 7.21. The first-order valence-corrected chi connectivity index (χ1v) is 7.07. The van der Waals surface area contributed by atoms with Gasteiger partial charge >= 0.3 is 0 Å². The Morgan fingerprint density at radius 1 is 0.947 bits per heavy atom. The van der Waals surface area contributed by atoms with Gasteiger partial charge in [-0.3, -0.25) is 4.79 Å². The number of carbonyl (C=O) groups is 1. The highest BCUT2D eigenvalue weighted by Crippen LogP contribution is 2.27. The van der Waals surface area contributed by atoms with Gasteiger partial charge < -0.3 is 0 Å².